The van der Waals surface area contributed by atoms with Gasteiger partial charge in [0.15, 0.2) is 0 Å². The Labute approximate surface area is 146 Å². The lowest BCUT2D eigenvalue weighted by atomic mass is 9.80. The van der Waals surface area contributed by atoms with Crippen LogP contribution in [0.4, 0.5) is 5.69 Å². The maximum Gasteiger partial charge on any atom is 0.238 e. The molecule has 1 fully saturated rings. The number of carbonyl (C=O) groups is 1. The molecule has 0 aromatic heterocycles. The molecule has 0 bridgehead atoms. The molecule has 1 atom stereocenters. The molecular weight excluding hydrogens is 310 g/mol. The topological polar surface area (TPSA) is 58.4 Å². The number of halogens is 1. The van der Waals surface area contributed by atoms with Crippen LogP contribution in [0, 0.1) is 5.41 Å². The average Bonchev–Trinajstić information content (AvgIpc) is 2.42. The van der Waals surface area contributed by atoms with Crippen molar-refractivity contribution in [2.24, 2.45) is 11.1 Å². The summed E-state index contributed by atoms with van der Waals surface area (Å²) in [5.41, 5.74) is 8.33. The Morgan fingerprint density at radius 3 is 2.74 bits per heavy atom. The molecule has 5 heteroatoms. The van der Waals surface area contributed by atoms with Crippen molar-refractivity contribution in [1.29, 1.82) is 0 Å². The first kappa shape index (κ1) is 19.9. The quantitative estimate of drug-likeness (QED) is 0.885. The first-order chi connectivity index (χ1) is 10.3. The fourth-order valence-corrected chi connectivity index (χ4v) is 3.00. The van der Waals surface area contributed by atoms with Crippen molar-refractivity contribution < 1.29 is 4.79 Å². The summed E-state index contributed by atoms with van der Waals surface area (Å²) in [6.07, 6.45) is 0.948. The number of nitrogens with zero attached hydrogens (tertiary/aromatic N) is 1. The molecule has 0 radical (unpaired) electrons. The van der Waals surface area contributed by atoms with Gasteiger partial charge in [-0.3, -0.25) is 9.69 Å². The average molecular weight is 340 g/mol. The summed E-state index contributed by atoms with van der Waals surface area (Å²) in [6.45, 7) is 10.8. The van der Waals surface area contributed by atoms with Gasteiger partial charge in [0.25, 0.3) is 0 Å². The van der Waals surface area contributed by atoms with E-state index >= 15 is 0 Å². The van der Waals surface area contributed by atoms with Gasteiger partial charge >= 0.3 is 0 Å². The Kier molecular flexibility index (Phi) is 7.05. The molecule has 0 saturated carbocycles. The third-order valence-electron chi connectivity index (χ3n) is 4.60. The third-order valence-corrected chi connectivity index (χ3v) is 4.60. The fourth-order valence-electron chi connectivity index (χ4n) is 3.00. The summed E-state index contributed by atoms with van der Waals surface area (Å²) < 4.78 is 0. The Morgan fingerprint density at radius 2 is 2.13 bits per heavy atom. The van der Waals surface area contributed by atoms with E-state index in [1.165, 1.54) is 5.56 Å². The zero-order valence-corrected chi connectivity index (χ0v) is 15.5. The van der Waals surface area contributed by atoms with E-state index in [0.29, 0.717) is 12.5 Å². The molecule has 0 aliphatic carbocycles. The van der Waals surface area contributed by atoms with E-state index < -0.39 is 0 Å². The molecule has 1 saturated heterocycles. The molecule has 0 spiro atoms. The lowest BCUT2D eigenvalue weighted by Gasteiger charge is -2.42. The molecule has 1 aromatic rings. The monoisotopic (exact) mass is 339 g/mol. The summed E-state index contributed by atoms with van der Waals surface area (Å²) >= 11 is 0. The van der Waals surface area contributed by atoms with Crippen LogP contribution < -0.4 is 11.1 Å². The number of likely N-dealkylation sites (tertiary alicyclic amines) is 1. The second kappa shape index (κ2) is 8.13. The van der Waals surface area contributed by atoms with Gasteiger partial charge in [0.05, 0.1) is 6.54 Å². The predicted molar refractivity (Wildman–Crippen MR) is 99.2 cm³/mol. The largest absolute Gasteiger partial charge is 0.327 e. The maximum atomic E-state index is 12.3. The van der Waals surface area contributed by atoms with Gasteiger partial charge in [-0.2, -0.15) is 0 Å². The second-order valence-electron chi connectivity index (χ2n) is 7.42. The summed E-state index contributed by atoms with van der Waals surface area (Å²) in [7, 11) is 0. The Bertz CT molecular complexity index is 531. The number of rotatable bonds is 4. The van der Waals surface area contributed by atoms with Crippen molar-refractivity contribution in [3.63, 3.8) is 0 Å². The van der Waals surface area contributed by atoms with Crippen LogP contribution in [0.25, 0.3) is 0 Å². The SMILES string of the molecule is CC(C)c1cccc(NC(=O)CN2CCC(N)C(C)(C)C2)c1.Cl. The van der Waals surface area contributed by atoms with Gasteiger partial charge in [-0.05, 0) is 35.4 Å². The first-order valence-electron chi connectivity index (χ1n) is 8.15. The first-order valence-corrected chi connectivity index (χ1v) is 8.15. The standard InChI is InChI=1S/C18H29N3O.ClH/c1-13(2)14-6-5-7-15(10-14)20-17(22)11-21-9-8-16(19)18(3,4)12-21;/h5-7,10,13,16H,8-9,11-12,19H2,1-4H3,(H,20,22);1H. The molecule has 1 aliphatic heterocycles. The number of nitrogens with two attached hydrogens (primary N) is 1. The minimum Gasteiger partial charge on any atom is -0.327 e. The fraction of sp³-hybridized carbons (Fsp3) is 0.611. The van der Waals surface area contributed by atoms with E-state index in [-0.39, 0.29) is 29.8 Å². The summed E-state index contributed by atoms with van der Waals surface area (Å²) in [6, 6.07) is 8.30. The Hall–Kier alpha value is -1.10. The molecule has 2 rings (SSSR count). The van der Waals surface area contributed by atoms with E-state index in [2.05, 4.69) is 50.0 Å². The van der Waals surface area contributed by atoms with E-state index in [0.717, 1.165) is 25.2 Å². The van der Waals surface area contributed by atoms with Gasteiger partial charge in [-0.15, -0.1) is 12.4 Å². The van der Waals surface area contributed by atoms with Crippen molar-refractivity contribution in [3.05, 3.63) is 29.8 Å². The lowest BCUT2D eigenvalue weighted by Crippen LogP contribution is -2.53. The van der Waals surface area contributed by atoms with Crippen LogP contribution in [0.3, 0.4) is 0 Å². The van der Waals surface area contributed by atoms with Gasteiger partial charge in [0.1, 0.15) is 0 Å². The zero-order chi connectivity index (χ0) is 16.3. The van der Waals surface area contributed by atoms with Crippen LogP contribution in [0.1, 0.15) is 45.6 Å². The number of nitrogens with one attached hydrogen (secondary N) is 1. The van der Waals surface area contributed by atoms with Crippen molar-refractivity contribution in [3.8, 4) is 0 Å². The summed E-state index contributed by atoms with van der Waals surface area (Å²) in [4.78, 5) is 14.5. The van der Waals surface area contributed by atoms with Crippen molar-refractivity contribution >= 4 is 24.0 Å². The highest BCUT2D eigenvalue weighted by atomic mass is 35.5. The van der Waals surface area contributed by atoms with Crippen LogP contribution in [0.5, 0.6) is 0 Å². The molecule has 4 nitrogen and oxygen atoms in total. The van der Waals surface area contributed by atoms with E-state index in [1.807, 2.05) is 12.1 Å². The minimum atomic E-state index is 0. The Balaban J connectivity index is 0.00000264. The highest BCUT2D eigenvalue weighted by Crippen LogP contribution is 2.27. The van der Waals surface area contributed by atoms with Gasteiger partial charge in [-0.1, -0.05) is 39.8 Å². The molecule has 3 N–H and O–H groups in total. The molecule has 130 valence electrons. The smallest absolute Gasteiger partial charge is 0.238 e. The van der Waals surface area contributed by atoms with Crippen LogP contribution in [0.15, 0.2) is 24.3 Å². The summed E-state index contributed by atoms with van der Waals surface area (Å²) in [5, 5.41) is 3.01. The van der Waals surface area contributed by atoms with E-state index in [1.54, 1.807) is 0 Å². The highest BCUT2D eigenvalue weighted by Gasteiger charge is 2.33. The number of benzene rings is 1. The van der Waals surface area contributed by atoms with Gasteiger partial charge in [0.2, 0.25) is 5.91 Å². The van der Waals surface area contributed by atoms with Crippen molar-refractivity contribution in [1.82, 2.24) is 4.90 Å². The number of amides is 1. The van der Waals surface area contributed by atoms with E-state index in [9.17, 15) is 4.79 Å². The van der Waals surface area contributed by atoms with Crippen LogP contribution >= 0.6 is 12.4 Å². The normalized spacial score (nSPS) is 20.9. The lowest BCUT2D eigenvalue weighted by molar-refractivity contribution is -0.118. The Morgan fingerprint density at radius 1 is 1.43 bits per heavy atom. The predicted octanol–water partition coefficient (Wildman–Crippen LogP) is 3.23. The molecule has 1 unspecified atom stereocenters. The molecule has 23 heavy (non-hydrogen) atoms. The highest BCUT2D eigenvalue weighted by molar-refractivity contribution is 5.92. The molecule has 1 heterocycles. The molecule has 1 aromatic carbocycles. The third kappa shape index (κ3) is 5.48. The number of hydrogen-bond donors (Lipinski definition) is 2. The van der Waals surface area contributed by atoms with Crippen molar-refractivity contribution in [2.45, 2.75) is 46.1 Å². The van der Waals surface area contributed by atoms with Gasteiger partial charge in [0, 0.05) is 24.8 Å². The number of carbonyl (C=O) groups excluding carboxylic acids is 1. The van der Waals surface area contributed by atoms with E-state index in [4.69, 9.17) is 5.73 Å². The van der Waals surface area contributed by atoms with Crippen LogP contribution in [-0.2, 0) is 4.79 Å². The second-order valence-corrected chi connectivity index (χ2v) is 7.42. The zero-order valence-electron chi connectivity index (χ0n) is 14.6. The van der Waals surface area contributed by atoms with Crippen LogP contribution in [-0.4, -0.2) is 36.5 Å². The van der Waals surface area contributed by atoms with Gasteiger partial charge < -0.3 is 11.1 Å². The van der Waals surface area contributed by atoms with Crippen molar-refractivity contribution in [2.75, 3.05) is 25.0 Å². The maximum absolute atomic E-state index is 12.3. The minimum absolute atomic E-state index is 0. The van der Waals surface area contributed by atoms with Crippen LogP contribution in [0.2, 0.25) is 0 Å². The number of anilines is 1. The summed E-state index contributed by atoms with van der Waals surface area (Å²) in [5.74, 6) is 0.508. The molecular formula is C18H30ClN3O. The molecule has 1 amide bonds. The number of piperidine rings is 1. The number of hydrogen-bond acceptors (Lipinski definition) is 3. The van der Waals surface area contributed by atoms with Gasteiger partial charge in [-0.25, -0.2) is 0 Å². The molecule has 1 aliphatic rings.